The predicted octanol–water partition coefficient (Wildman–Crippen LogP) is 3.33. The average Bonchev–Trinajstić information content (AvgIpc) is 3.50. The van der Waals surface area contributed by atoms with Crippen LogP contribution in [0.25, 0.3) is 16.9 Å². The third kappa shape index (κ3) is 2.96. The smallest absolute Gasteiger partial charge is 0.256 e. The van der Waals surface area contributed by atoms with Gasteiger partial charge in [0, 0.05) is 42.9 Å². The fraction of sp³-hybridized carbons (Fsp3) is 0.125. The van der Waals surface area contributed by atoms with E-state index in [0.717, 1.165) is 29.1 Å². The minimum atomic E-state index is -0.280. The van der Waals surface area contributed by atoms with Crippen LogP contribution in [-0.4, -0.2) is 46.8 Å². The van der Waals surface area contributed by atoms with E-state index >= 15 is 0 Å². The lowest BCUT2D eigenvalue weighted by molar-refractivity contribution is 0.0690. The van der Waals surface area contributed by atoms with Gasteiger partial charge < -0.3 is 9.88 Å². The van der Waals surface area contributed by atoms with Crippen LogP contribution in [0, 0.1) is 0 Å². The first kappa shape index (κ1) is 18.4. The number of rotatable bonds is 3. The Bertz CT molecular complexity index is 1410. The van der Waals surface area contributed by atoms with Gasteiger partial charge in [0.2, 0.25) is 0 Å². The van der Waals surface area contributed by atoms with E-state index < -0.39 is 0 Å². The summed E-state index contributed by atoms with van der Waals surface area (Å²) >= 11 is 0. The molecule has 0 saturated heterocycles. The second-order valence-electron chi connectivity index (χ2n) is 7.71. The summed E-state index contributed by atoms with van der Waals surface area (Å²) in [7, 11) is 0. The number of aromatic nitrogens is 6. The molecule has 0 fully saturated rings. The van der Waals surface area contributed by atoms with Gasteiger partial charge in [0.25, 0.3) is 5.91 Å². The Kier molecular flexibility index (Phi) is 4.28. The molecule has 1 amide bonds. The molecule has 0 saturated carbocycles. The van der Waals surface area contributed by atoms with Crippen LogP contribution in [-0.2, 0) is 6.42 Å². The maximum atomic E-state index is 13.6. The summed E-state index contributed by atoms with van der Waals surface area (Å²) in [6, 6.07) is 15.3. The molecule has 1 atom stereocenters. The normalized spacial score (nSPS) is 15.6. The number of hydrogen-bond acceptors (Lipinski definition) is 5. The number of nitrogens with zero attached hydrogens (tertiary/aromatic N) is 6. The van der Waals surface area contributed by atoms with E-state index in [9.17, 15) is 4.79 Å². The molecule has 1 aromatic carbocycles. The Morgan fingerprint density at radius 3 is 2.72 bits per heavy atom. The molecule has 4 aromatic heterocycles. The number of hydrogen-bond donors (Lipinski definition) is 1. The number of aromatic amines is 1. The van der Waals surface area contributed by atoms with Gasteiger partial charge in [-0.25, -0.2) is 15.0 Å². The monoisotopic (exact) mass is 421 g/mol. The van der Waals surface area contributed by atoms with Crippen molar-refractivity contribution in [3.63, 3.8) is 0 Å². The molecule has 5 heterocycles. The topological polar surface area (TPSA) is 92.6 Å². The number of para-hydroxylation sites is 1. The number of pyridine rings is 2. The zero-order valence-electron chi connectivity index (χ0n) is 17.1. The Morgan fingerprint density at radius 1 is 1.03 bits per heavy atom. The Balaban J connectivity index is 1.39. The van der Waals surface area contributed by atoms with Crippen LogP contribution in [0.1, 0.15) is 33.4 Å². The zero-order valence-corrected chi connectivity index (χ0v) is 17.1. The van der Waals surface area contributed by atoms with Crippen LogP contribution in [0.4, 0.5) is 0 Å². The summed E-state index contributed by atoms with van der Waals surface area (Å²) in [5.74, 6) is -0.0934. The summed E-state index contributed by atoms with van der Waals surface area (Å²) in [6.45, 7) is 0.581. The third-order valence-electron chi connectivity index (χ3n) is 5.88. The number of H-pyrrole nitrogens is 1. The molecule has 1 aliphatic heterocycles. The Labute approximate surface area is 183 Å². The number of carbonyl (C=O) groups is 1. The lowest BCUT2D eigenvalue weighted by atomic mass is 9.95. The quantitative estimate of drug-likeness (QED) is 0.482. The van der Waals surface area contributed by atoms with Crippen molar-refractivity contribution in [3.8, 4) is 5.69 Å². The van der Waals surface area contributed by atoms with Crippen LogP contribution in [0.5, 0.6) is 0 Å². The van der Waals surface area contributed by atoms with E-state index in [1.807, 2.05) is 58.0 Å². The average molecular weight is 421 g/mol. The van der Waals surface area contributed by atoms with Crippen LogP contribution in [0.3, 0.4) is 0 Å². The molecule has 0 radical (unpaired) electrons. The molecule has 8 heteroatoms. The van der Waals surface area contributed by atoms with Crippen LogP contribution in [0.15, 0.2) is 79.8 Å². The first-order valence-electron chi connectivity index (χ1n) is 10.4. The van der Waals surface area contributed by atoms with Crippen molar-refractivity contribution in [2.75, 3.05) is 6.54 Å². The van der Waals surface area contributed by atoms with E-state index in [1.54, 1.807) is 31.2 Å². The van der Waals surface area contributed by atoms with Crippen molar-refractivity contribution in [1.29, 1.82) is 0 Å². The van der Waals surface area contributed by atoms with Gasteiger partial charge in [-0.3, -0.25) is 14.3 Å². The summed E-state index contributed by atoms with van der Waals surface area (Å²) in [5.41, 5.74) is 5.78. The highest BCUT2D eigenvalue weighted by Crippen LogP contribution is 2.34. The molecule has 156 valence electrons. The second-order valence-corrected chi connectivity index (χ2v) is 7.71. The lowest BCUT2D eigenvalue weighted by Crippen LogP contribution is -2.40. The number of amides is 1. The van der Waals surface area contributed by atoms with E-state index in [0.29, 0.717) is 23.3 Å². The first-order valence-corrected chi connectivity index (χ1v) is 10.4. The number of carbonyl (C=O) groups excluding carboxylic acids is 1. The highest BCUT2D eigenvalue weighted by molar-refractivity contribution is 5.97. The van der Waals surface area contributed by atoms with E-state index in [2.05, 4.69) is 24.9 Å². The second kappa shape index (κ2) is 7.42. The van der Waals surface area contributed by atoms with Gasteiger partial charge in [-0.15, -0.1) is 0 Å². The minimum absolute atomic E-state index is 0.0934. The minimum Gasteiger partial charge on any atom is -0.348 e. The van der Waals surface area contributed by atoms with Crippen molar-refractivity contribution in [3.05, 3.63) is 102 Å². The van der Waals surface area contributed by atoms with Crippen molar-refractivity contribution in [1.82, 2.24) is 34.4 Å². The van der Waals surface area contributed by atoms with E-state index in [4.69, 9.17) is 0 Å². The zero-order chi connectivity index (χ0) is 21.5. The fourth-order valence-corrected chi connectivity index (χ4v) is 4.34. The molecule has 0 aliphatic carbocycles. The third-order valence-corrected chi connectivity index (χ3v) is 5.88. The molecule has 1 unspecified atom stereocenters. The molecule has 6 rings (SSSR count). The van der Waals surface area contributed by atoms with Crippen LogP contribution >= 0.6 is 0 Å². The number of nitrogens with one attached hydrogen (secondary N) is 1. The first-order chi connectivity index (χ1) is 15.8. The molecular weight excluding hydrogens is 402 g/mol. The van der Waals surface area contributed by atoms with E-state index in [1.165, 1.54) is 0 Å². The number of imidazole rings is 2. The molecule has 32 heavy (non-hydrogen) atoms. The molecule has 8 nitrogen and oxygen atoms in total. The van der Waals surface area contributed by atoms with Gasteiger partial charge in [-0.1, -0.05) is 18.2 Å². The molecule has 1 N–H and O–H groups in total. The highest BCUT2D eigenvalue weighted by Gasteiger charge is 2.34. The number of benzene rings is 1. The molecular formula is C24H19N7O. The fourth-order valence-electron chi connectivity index (χ4n) is 4.34. The molecule has 0 bridgehead atoms. The summed E-state index contributed by atoms with van der Waals surface area (Å²) < 4.78 is 1.92. The maximum Gasteiger partial charge on any atom is 0.256 e. The standard InChI is InChI=1S/C24H19N7O/c32-24(17-12-20-23(26-13-17)31(15-29-20)18-4-2-1-3-5-18)30-11-8-19-21(28-14-27-19)22(30)16-6-9-25-10-7-16/h1-7,9-10,12-15,22H,8,11H2,(H,27,28). The molecule has 1 aliphatic rings. The molecule has 5 aromatic rings. The Hall–Kier alpha value is -4.33. The predicted molar refractivity (Wildman–Crippen MR) is 118 cm³/mol. The van der Waals surface area contributed by atoms with Crippen LogP contribution < -0.4 is 0 Å². The largest absolute Gasteiger partial charge is 0.348 e. The van der Waals surface area contributed by atoms with Crippen molar-refractivity contribution in [2.45, 2.75) is 12.5 Å². The molecule has 0 spiro atoms. The lowest BCUT2D eigenvalue weighted by Gasteiger charge is -2.35. The van der Waals surface area contributed by atoms with Gasteiger partial charge in [-0.05, 0) is 35.9 Å². The summed E-state index contributed by atoms with van der Waals surface area (Å²) in [6.07, 6.45) is 9.26. The SMILES string of the molecule is O=C(c1cnc2c(c1)ncn2-c1ccccc1)N1CCc2[nH]cnc2C1c1ccncc1. The van der Waals surface area contributed by atoms with Crippen molar-refractivity contribution >= 4 is 17.1 Å². The Morgan fingerprint density at radius 2 is 1.88 bits per heavy atom. The number of fused-ring (bicyclic) bond motifs is 2. The van der Waals surface area contributed by atoms with Gasteiger partial charge in [-0.2, -0.15) is 0 Å². The van der Waals surface area contributed by atoms with Gasteiger partial charge >= 0.3 is 0 Å². The summed E-state index contributed by atoms with van der Waals surface area (Å²) in [4.78, 5) is 36.4. The maximum absolute atomic E-state index is 13.6. The van der Waals surface area contributed by atoms with E-state index in [-0.39, 0.29) is 11.9 Å². The van der Waals surface area contributed by atoms with Gasteiger partial charge in [0.1, 0.15) is 17.9 Å². The van der Waals surface area contributed by atoms with Crippen LogP contribution in [0.2, 0.25) is 0 Å². The van der Waals surface area contributed by atoms with Crippen molar-refractivity contribution < 1.29 is 4.79 Å². The van der Waals surface area contributed by atoms with Crippen molar-refractivity contribution in [2.24, 2.45) is 0 Å². The summed E-state index contributed by atoms with van der Waals surface area (Å²) in [5, 5.41) is 0. The van der Waals surface area contributed by atoms with Gasteiger partial charge in [0.05, 0.1) is 17.6 Å². The highest BCUT2D eigenvalue weighted by atomic mass is 16.2. The van der Waals surface area contributed by atoms with Gasteiger partial charge in [0.15, 0.2) is 5.65 Å².